The lowest BCUT2D eigenvalue weighted by molar-refractivity contribution is -0.139. The number of carbonyl (C=O) groups is 2. The average molecular weight is 583 g/mol. The van der Waals surface area contributed by atoms with Crippen LogP contribution in [0, 0.1) is 11.8 Å². The molecule has 0 spiro atoms. The van der Waals surface area contributed by atoms with Crippen LogP contribution in [0.2, 0.25) is 10.0 Å². The Morgan fingerprint density at radius 1 is 0.780 bits per heavy atom. The summed E-state index contributed by atoms with van der Waals surface area (Å²) in [6, 6.07) is 26.8. The van der Waals surface area contributed by atoms with Crippen LogP contribution in [0.5, 0.6) is 11.5 Å². The first-order valence-corrected chi connectivity index (χ1v) is 14.1. The van der Waals surface area contributed by atoms with Gasteiger partial charge in [0.1, 0.15) is 6.61 Å². The van der Waals surface area contributed by atoms with Crippen molar-refractivity contribution in [1.29, 1.82) is 0 Å². The lowest BCUT2D eigenvalue weighted by atomic mass is 9.55. The highest BCUT2D eigenvalue weighted by Gasteiger charge is 2.61. The van der Waals surface area contributed by atoms with E-state index in [9.17, 15) is 9.59 Å². The van der Waals surface area contributed by atoms with Crippen LogP contribution >= 0.6 is 23.2 Å². The zero-order chi connectivity index (χ0) is 28.2. The molecule has 8 rings (SSSR count). The van der Waals surface area contributed by atoms with Gasteiger partial charge in [-0.2, -0.15) is 10.1 Å². The minimum atomic E-state index is -0.473. The maximum Gasteiger partial charge on any atom is 0.254 e. The largest absolute Gasteiger partial charge is 0.493 e. The van der Waals surface area contributed by atoms with Gasteiger partial charge in [-0.25, -0.2) is 0 Å². The summed E-state index contributed by atoms with van der Waals surface area (Å²) in [5, 5.41) is 6.53. The SMILES string of the molecule is COc1cc(/C=N\N2C(=O)[C@@H]3C4c5ccccc5C(c5ccccc54)[C@@H]3C2=O)ccc1OCc1ccc(Cl)cc1Cl. The summed E-state index contributed by atoms with van der Waals surface area (Å²) in [7, 11) is 1.54. The molecular weight excluding hydrogens is 559 g/mol. The third kappa shape index (κ3) is 4.13. The minimum absolute atomic E-state index is 0.167. The van der Waals surface area contributed by atoms with Crippen molar-refractivity contribution in [3.8, 4) is 11.5 Å². The molecule has 0 aromatic heterocycles. The number of imide groups is 1. The molecule has 1 heterocycles. The number of methoxy groups -OCH3 is 1. The number of amides is 2. The number of benzene rings is 4. The summed E-state index contributed by atoms with van der Waals surface area (Å²) in [5.74, 6) is -0.805. The van der Waals surface area contributed by atoms with E-state index in [0.717, 1.165) is 32.8 Å². The second kappa shape index (κ2) is 10.1. The number of nitrogens with zero attached hydrogens (tertiary/aromatic N) is 2. The molecule has 3 aliphatic carbocycles. The molecule has 1 aliphatic heterocycles. The lowest BCUT2D eigenvalue weighted by Gasteiger charge is -2.45. The van der Waals surface area contributed by atoms with Gasteiger partial charge in [-0.15, -0.1) is 0 Å². The molecule has 1 saturated heterocycles. The van der Waals surface area contributed by atoms with Crippen molar-refractivity contribution in [2.45, 2.75) is 18.4 Å². The molecule has 4 aromatic rings. The van der Waals surface area contributed by atoms with E-state index in [1.807, 2.05) is 30.3 Å². The Kier molecular flexibility index (Phi) is 6.33. The van der Waals surface area contributed by atoms with E-state index in [0.29, 0.717) is 27.1 Å². The number of carbonyl (C=O) groups excluding carboxylic acids is 2. The molecule has 6 nitrogen and oxygen atoms in total. The molecule has 8 heteroatoms. The fourth-order valence-corrected chi connectivity index (χ4v) is 7.04. The van der Waals surface area contributed by atoms with Crippen LogP contribution in [0.4, 0.5) is 0 Å². The van der Waals surface area contributed by atoms with Crippen molar-refractivity contribution in [3.05, 3.63) is 128 Å². The van der Waals surface area contributed by atoms with E-state index in [4.69, 9.17) is 32.7 Å². The Labute approximate surface area is 247 Å². The van der Waals surface area contributed by atoms with Gasteiger partial charge in [0.2, 0.25) is 0 Å². The predicted molar refractivity (Wildman–Crippen MR) is 157 cm³/mol. The van der Waals surface area contributed by atoms with Crippen molar-refractivity contribution < 1.29 is 19.1 Å². The topological polar surface area (TPSA) is 68.2 Å². The molecule has 0 unspecified atom stereocenters. The van der Waals surface area contributed by atoms with Gasteiger partial charge in [-0.1, -0.05) is 77.8 Å². The average Bonchev–Trinajstić information content (AvgIpc) is 3.25. The Morgan fingerprint density at radius 3 is 1.90 bits per heavy atom. The first-order valence-electron chi connectivity index (χ1n) is 13.3. The normalized spacial score (nSPS) is 22.1. The van der Waals surface area contributed by atoms with Crippen molar-refractivity contribution in [3.63, 3.8) is 0 Å². The van der Waals surface area contributed by atoms with E-state index < -0.39 is 11.8 Å². The smallest absolute Gasteiger partial charge is 0.254 e. The lowest BCUT2D eigenvalue weighted by Crippen LogP contribution is -2.41. The van der Waals surface area contributed by atoms with E-state index in [1.54, 1.807) is 37.4 Å². The molecule has 41 heavy (non-hydrogen) atoms. The van der Waals surface area contributed by atoms with Gasteiger partial charge in [0, 0.05) is 27.4 Å². The molecule has 4 aliphatic rings. The van der Waals surface area contributed by atoms with Crippen LogP contribution in [0.25, 0.3) is 0 Å². The summed E-state index contributed by atoms with van der Waals surface area (Å²) in [6.45, 7) is 0.229. The summed E-state index contributed by atoms with van der Waals surface area (Å²) in [6.07, 6.45) is 1.51. The maximum absolute atomic E-state index is 13.8. The summed E-state index contributed by atoms with van der Waals surface area (Å²) in [5.41, 5.74) is 5.96. The standard InChI is InChI=1S/C33H24Cl2N2O4/c1-40-27-14-18(10-13-26(27)41-17-19-11-12-20(34)15-25(19)35)16-36-37-32(38)30-28-21-6-2-3-7-22(21)29(31(30)33(37)39)24-9-5-4-8-23(24)28/h2-16,28-31H,17H2,1H3/b36-16-/t28?,29?,30-,31+. The Bertz CT molecular complexity index is 1640. The summed E-state index contributed by atoms with van der Waals surface area (Å²) >= 11 is 12.3. The van der Waals surface area contributed by atoms with E-state index in [2.05, 4.69) is 29.4 Å². The van der Waals surface area contributed by atoms with Crippen LogP contribution in [-0.4, -0.2) is 30.1 Å². The van der Waals surface area contributed by atoms with Gasteiger partial charge in [-0.05, 0) is 58.1 Å². The highest BCUT2D eigenvalue weighted by atomic mass is 35.5. The highest BCUT2D eigenvalue weighted by molar-refractivity contribution is 6.35. The van der Waals surface area contributed by atoms with Crippen molar-refractivity contribution in [2.75, 3.05) is 7.11 Å². The molecule has 204 valence electrons. The fraction of sp³-hybridized carbons (Fsp3) is 0.182. The quantitative estimate of drug-likeness (QED) is 0.185. The van der Waals surface area contributed by atoms with Crippen molar-refractivity contribution >= 4 is 41.2 Å². The molecule has 2 atom stereocenters. The zero-order valence-corrected chi connectivity index (χ0v) is 23.5. The predicted octanol–water partition coefficient (Wildman–Crippen LogP) is 6.81. The van der Waals surface area contributed by atoms with Gasteiger partial charge >= 0.3 is 0 Å². The van der Waals surface area contributed by atoms with E-state index in [1.165, 1.54) is 6.21 Å². The van der Waals surface area contributed by atoms with E-state index in [-0.39, 0.29) is 30.3 Å². The first-order chi connectivity index (χ1) is 20.0. The Morgan fingerprint density at radius 2 is 1.37 bits per heavy atom. The van der Waals surface area contributed by atoms with Crippen LogP contribution in [0.1, 0.15) is 45.2 Å². The van der Waals surface area contributed by atoms with Crippen LogP contribution < -0.4 is 9.47 Å². The number of halogens is 2. The third-order valence-corrected chi connectivity index (χ3v) is 8.92. The van der Waals surface area contributed by atoms with Gasteiger partial charge in [0.15, 0.2) is 11.5 Å². The molecule has 2 amide bonds. The molecule has 0 saturated carbocycles. The van der Waals surface area contributed by atoms with Crippen molar-refractivity contribution in [1.82, 2.24) is 5.01 Å². The third-order valence-electron chi connectivity index (χ3n) is 8.33. The van der Waals surface area contributed by atoms with Gasteiger partial charge in [-0.3, -0.25) is 9.59 Å². The Balaban J connectivity index is 1.15. The summed E-state index contributed by atoms with van der Waals surface area (Å²) < 4.78 is 11.5. The number of hydrogen-bond acceptors (Lipinski definition) is 5. The second-order valence-corrected chi connectivity index (χ2v) is 11.3. The molecule has 1 fully saturated rings. The second-order valence-electron chi connectivity index (χ2n) is 10.4. The monoisotopic (exact) mass is 582 g/mol. The molecule has 0 radical (unpaired) electrons. The molecule has 0 N–H and O–H groups in total. The fourth-order valence-electron chi connectivity index (χ4n) is 6.58. The van der Waals surface area contributed by atoms with Gasteiger partial charge in [0.25, 0.3) is 11.8 Å². The van der Waals surface area contributed by atoms with Gasteiger partial charge in [0.05, 0.1) is 25.2 Å². The molecule has 4 aromatic carbocycles. The van der Waals surface area contributed by atoms with Crippen molar-refractivity contribution in [2.24, 2.45) is 16.9 Å². The Hall–Kier alpha value is -4.13. The number of ether oxygens (including phenoxy) is 2. The first kappa shape index (κ1) is 25.8. The van der Waals surface area contributed by atoms with E-state index >= 15 is 0 Å². The maximum atomic E-state index is 13.8. The number of rotatable bonds is 6. The number of hydrogen-bond donors (Lipinski definition) is 0. The molecule has 2 bridgehead atoms. The van der Waals surface area contributed by atoms with Gasteiger partial charge < -0.3 is 9.47 Å². The summed E-state index contributed by atoms with van der Waals surface area (Å²) in [4.78, 5) is 27.5. The van der Waals surface area contributed by atoms with Crippen LogP contribution in [0.3, 0.4) is 0 Å². The highest BCUT2D eigenvalue weighted by Crippen LogP contribution is 2.61. The minimum Gasteiger partial charge on any atom is -0.493 e. The van der Waals surface area contributed by atoms with Crippen LogP contribution in [0.15, 0.2) is 90.0 Å². The zero-order valence-electron chi connectivity index (χ0n) is 22.0. The molecular formula is C33H24Cl2N2O4. The number of hydrazone groups is 1. The van der Waals surface area contributed by atoms with Crippen LogP contribution in [-0.2, 0) is 16.2 Å².